The molecule has 0 saturated carbocycles. The summed E-state index contributed by atoms with van der Waals surface area (Å²) in [7, 11) is 1.50. The van der Waals surface area contributed by atoms with Crippen molar-refractivity contribution in [1.82, 2.24) is 4.98 Å². The first kappa shape index (κ1) is 15.9. The van der Waals surface area contributed by atoms with E-state index in [1.165, 1.54) is 13.3 Å². The summed E-state index contributed by atoms with van der Waals surface area (Å²) in [4.78, 5) is 27.2. The molecule has 1 atom stereocenters. The first-order chi connectivity index (χ1) is 9.29. The van der Waals surface area contributed by atoms with Crippen molar-refractivity contribution in [2.24, 2.45) is 11.3 Å². The van der Waals surface area contributed by atoms with Crippen LogP contribution in [0.3, 0.4) is 0 Å². The molecule has 0 aliphatic heterocycles. The summed E-state index contributed by atoms with van der Waals surface area (Å²) < 4.78 is 4.92. The van der Waals surface area contributed by atoms with Gasteiger partial charge in [-0.1, -0.05) is 13.8 Å². The lowest BCUT2D eigenvalue weighted by Gasteiger charge is -2.28. The third-order valence-corrected chi connectivity index (χ3v) is 3.52. The minimum Gasteiger partial charge on any atom is -0.481 e. The van der Waals surface area contributed by atoms with E-state index in [0.717, 1.165) is 0 Å². The fraction of sp³-hybridized carbons (Fsp3) is 0.500. The number of pyridine rings is 1. The number of carbonyl (C=O) groups excluding carboxylic acids is 1. The highest BCUT2D eigenvalue weighted by molar-refractivity contribution is 5.94. The lowest BCUT2D eigenvalue weighted by atomic mass is 9.76. The molecule has 2 N–H and O–H groups in total. The van der Waals surface area contributed by atoms with Crippen molar-refractivity contribution in [2.75, 3.05) is 12.4 Å². The van der Waals surface area contributed by atoms with Gasteiger partial charge in [-0.2, -0.15) is 0 Å². The van der Waals surface area contributed by atoms with Gasteiger partial charge < -0.3 is 15.2 Å². The maximum absolute atomic E-state index is 12.0. The zero-order valence-corrected chi connectivity index (χ0v) is 12.1. The van der Waals surface area contributed by atoms with Gasteiger partial charge in [0.15, 0.2) is 0 Å². The number of anilines is 1. The number of carbonyl (C=O) groups is 2. The Balaban J connectivity index is 2.73. The number of carboxylic acid groups (broad SMARTS) is 1. The Morgan fingerprint density at radius 2 is 2.10 bits per heavy atom. The minimum absolute atomic E-state index is 0.0912. The molecule has 1 aromatic heterocycles. The molecule has 0 bridgehead atoms. The molecule has 0 aliphatic rings. The fourth-order valence-electron chi connectivity index (χ4n) is 1.64. The van der Waals surface area contributed by atoms with Gasteiger partial charge in [0.05, 0.1) is 24.4 Å². The molecule has 0 radical (unpaired) electrons. The van der Waals surface area contributed by atoms with Crippen LogP contribution in [0.15, 0.2) is 18.3 Å². The minimum atomic E-state index is -1.09. The van der Waals surface area contributed by atoms with E-state index in [2.05, 4.69) is 10.3 Å². The molecule has 1 rings (SSSR count). The van der Waals surface area contributed by atoms with Gasteiger partial charge in [-0.15, -0.1) is 0 Å². The zero-order chi connectivity index (χ0) is 15.3. The highest BCUT2D eigenvalue weighted by Gasteiger charge is 2.38. The van der Waals surface area contributed by atoms with Gasteiger partial charge in [-0.25, -0.2) is 4.98 Å². The normalized spacial score (nSPS) is 13.7. The third kappa shape index (κ3) is 3.69. The molecular weight excluding hydrogens is 260 g/mol. The van der Waals surface area contributed by atoms with Crippen LogP contribution in [0, 0.1) is 11.3 Å². The fourth-order valence-corrected chi connectivity index (χ4v) is 1.64. The van der Waals surface area contributed by atoms with E-state index in [9.17, 15) is 14.7 Å². The van der Waals surface area contributed by atoms with Crippen molar-refractivity contribution < 1.29 is 19.4 Å². The maximum Gasteiger partial charge on any atom is 0.310 e. The van der Waals surface area contributed by atoms with Crippen LogP contribution in [0.5, 0.6) is 5.88 Å². The quantitative estimate of drug-likeness (QED) is 0.833. The maximum atomic E-state index is 12.0. The second kappa shape index (κ2) is 6.36. The van der Waals surface area contributed by atoms with E-state index in [1.807, 2.05) is 0 Å². The van der Waals surface area contributed by atoms with Crippen molar-refractivity contribution >= 4 is 17.6 Å². The summed E-state index contributed by atoms with van der Waals surface area (Å²) in [5.74, 6) is -1.04. The molecule has 1 heterocycles. The number of aliphatic carboxylic acids is 1. The summed E-state index contributed by atoms with van der Waals surface area (Å²) in [5.41, 5.74) is -0.587. The number of carboxylic acids is 1. The van der Waals surface area contributed by atoms with Crippen LogP contribution < -0.4 is 10.1 Å². The van der Waals surface area contributed by atoms with E-state index in [0.29, 0.717) is 11.6 Å². The second-order valence-electron chi connectivity index (χ2n) is 5.19. The lowest BCUT2D eigenvalue weighted by molar-refractivity contribution is -0.153. The largest absolute Gasteiger partial charge is 0.481 e. The average Bonchev–Trinajstić information content (AvgIpc) is 2.38. The summed E-state index contributed by atoms with van der Waals surface area (Å²) in [6, 6.07) is 3.27. The van der Waals surface area contributed by atoms with Gasteiger partial charge in [-0.05, 0) is 18.9 Å². The van der Waals surface area contributed by atoms with Gasteiger partial charge in [0.2, 0.25) is 11.8 Å². The van der Waals surface area contributed by atoms with E-state index in [-0.39, 0.29) is 18.2 Å². The van der Waals surface area contributed by atoms with Crippen molar-refractivity contribution in [3.63, 3.8) is 0 Å². The molecule has 0 fully saturated rings. The van der Waals surface area contributed by atoms with Crippen molar-refractivity contribution in [2.45, 2.75) is 27.2 Å². The molecule has 0 aliphatic carbocycles. The van der Waals surface area contributed by atoms with Crippen LogP contribution in [-0.2, 0) is 9.59 Å². The Kier molecular flexibility index (Phi) is 5.07. The van der Waals surface area contributed by atoms with Gasteiger partial charge in [0, 0.05) is 12.5 Å². The molecule has 1 unspecified atom stereocenters. The van der Waals surface area contributed by atoms with Gasteiger partial charge in [0.25, 0.3) is 0 Å². The van der Waals surface area contributed by atoms with Gasteiger partial charge in [0.1, 0.15) is 0 Å². The lowest BCUT2D eigenvalue weighted by Crippen LogP contribution is -2.37. The van der Waals surface area contributed by atoms with Gasteiger partial charge in [-0.3, -0.25) is 9.59 Å². The number of aromatic nitrogens is 1. The Morgan fingerprint density at radius 1 is 1.45 bits per heavy atom. The highest BCUT2D eigenvalue weighted by Crippen LogP contribution is 2.31. The second-order valence-corrected chi connectivity index (χ2v) is 5.19. The van der Waals surface area contributed by atoms with E-state index >= 15 is 0 Å². The summed E-state index contributed by atoms with van der Waals surface area (Å²) in [6.07, 6.45) is 1.37. The number of methoxy groups -OCH3 is 1. The van der Waals surface area contributed by atoms with Gasteiger partial charge >= 0.3 is 5.97 Å². The number of hydrogen-bond donors (Lipinski definition) is 2. The smallest absolute Gasteiger partial charge is 0.310 e. The van der Waals surface area contributed by atoms with Crippen LogP contribution in [0.1, 0.15) is 27.2 Å². The van der Waals surface area contributed by atoms with Crippen LogP contribution >= 0.6 is 0 Å². The Morgan fingerprint density at radius 3 is 2.50 bits per heavy atom. The Bertz CT molecular complexity index is 484. The van der Waals surface area contributed by atoms with Crippen molar-refractivity contribution in [1.29, 1.82) is 0 Å². The molecule has 0 saturated heterocycles. The number of ether oxygens (including phenoxy) is 1. The number of rotatable bonds is 6. The highest BCUT2D eigenvalue weighted by atomic mass is 16.5. The molecule has 1 aromatic rings. The van der Waals surface area contributed by atoms with Crippen LogP contribution in [0.25, 0.3) is 0 Å². The summed E-state index contributed by atoms with van der Waals surface area (Å²) in [6.45, 7) is 5.15. The van der Waals surface area contributed by atoms with Crippen LogP contribution in [0.4, 0.5) is 5.69 Å². The Labute approximate surface area is 118 Å². The molecule has 0 aromatic carbocycles. The molecule has 20 heavy (non-hydrogen) atoms. The molecule has 1 amide bonds. The van der Waals surface area contributed by atoms with E-state index in [4.69, 9.17) is 4.74 Å². The first-order valence-electron chi connectivity index (χ1n) is 6.33. The average molecular weight is 280 g/mol. The summed E-state index contributed by atoms with van der Waals surface area (Å²) in [5, 5.41) is 11.9. The first-order valence-corrected chi connectivity index (χ1v) is 6.33. The van der Waals surface area contributed by atoms with Crippen LogP contribution in [-0.4, -0.2) is 29.1 Å². The molecule has 6 nitrogen and oxygen atoms in total. The molecule has 6 heteroatoms. The van der Waals surface area contributed by atoms with Crippen molar-refractivity contribution in [3.05, 3.63) is 18.3 Å². The van der Waals surface area contributed by atoms with Crippen LogP contribution in [0.2, 0.25) is 0 Å². The topological polar surface area (TPSA) is 88.5 Å². The predicted molar refractivity (Wildman–Crippen MR) is 74.6 cm³/mol. The number of amides is 1. The Hall–Kier alpha value is -2.11. The molecule has 110 valence electrons. The standard InChI is InChI=1S/C14H20N2O4/c1-9(2)14(3,13(18)19)7-11(17)16-10-5-6-12(20-4)15-8-10/h5-6,8-9H,7H2,1-4H3,(H,16,17)(H,18,19). The monoisotopic (exact) mass is 280 g/mol. The van der Waals surface area contributed by atoms with E-state index in [1.54, 1.807) is 32.9 Å². The summed E-state index contributed by atoms with van der Waals surface area (Å²) >= 11 is 0. The molecular formula is C14H20N2O4. The third-order valence-electron chi connectivity index (χ3n) is 3.52. The number of nitrogens with zero attached hydrogens (tertiary/aromatic N) is 1. The molecule has 0 spiro atoms. The SMILES string of the molecule is COc1ccc(NC(=O)CC(C)(C(=O)O)C(C)C)cn1. The van der Waals surface area contributed by atoms with E-state index < -0.39 is 11.4 Å². The zero-order valence-electron chi connectivity index (χ0n) is 12.1. The predicted octanol–water partition coefficient (Wildman–Crippen LogP) is 2.17. The number of hydrogen-bond acceptors (Lipinski definition) is 4. The van der Waals surface area contributed by atoms with Crippen molar-refractivity contribution in [3.8, 4) is 5.88 Å². The number of nitrogens with one attached hydrogen (secondary N) is 1.